The van der Waals surface area contributed by atoms with Gasteiger partial charge in [-0.2, -0.15) is 0 Å². The molecule has 33 heavy (non-hydrogen) atoms. The van der Waals surface area contributed by atoms with Gasteiger partial charge in [0.25, 0.3) is 5.56 Å². The van der Waals surface area contributed by atoms with E-state index in [4.69, 9.17) is 9.72 Å². The zero-order valence-electron chi connectivity index (χ0n) is 19.5. The molecular weight excluding hydrogens is 454 g/mol. The van der Waals surface area contributed by atoms with Gasteiger partial charge in [-0.1, -0.05) is 42.1 Å². The molecule has 6 nitrogen and oxygen atoms in total. The summed E-state index contributed by atoms with van der Waals surface area (Å²) in [6, 6.07) is 9.98. The number of aromatic nitrogens is 2. The standard InChI is InChI=1S/C25H31N3O3S2/c1-17(18-10-5-4-6-11-18)27(2)21(29)16-32-25-26-23-22(19-12-7-8-13-20(19)33-23)24(30)28(25)14-9-15-31-3/h4-6,10-11,17H,7-9,12-16H2,1-3H3/t17-/m0/s1. The van der Waals surface area contributed by atoms with E-state index in [0.717, 1.165) is 41.5 Å². The van der Waals surface area contributed by atoms with Crippen LogP contribution in [0.5, 0.6) is 0 Å². The van der Waals surface area contributed by atoms with Gasteiger partial charge in [0, 0.05) is 32.2 Å². The Bertz CT molecular complexity index is 1170. The summed E-state index contributed by atoms with van der Waals surface area (Å²) >= 11 is 3.01. The normalized spacial score (nSPS) is 14.3. The highest BCUT2D eigenvalue weighted by molar-refractivity contribution is 7.99. The van der Waals surface area contributed by atoms with Gasteiger partial charge < -0.3 is 9.64 Å². The fourth-order valence-electron chi connectivity index (χ4n) is 4.29. The van der Waals surface area contributed by atoms with E-state index in [9.17, 15) is 9.59 Å². The molecule has 0 spiro atoms. The highest BCUT2D eigenvalue weighted by atomic mass is 32.2. The molecule has 0 bridgehead atoms. The minimum atomic E-state index is -0.0253. The predicted molar refractivity (Wildman–Crippen MR) is 135 cm³/mol. The van der Waals surface area contributed by atoms with Gasteiger partial charge >= 0.3 is 0 Å². The van der Waals surface area contributed by atoms with Crippen molar-refractivity contribution in [3.63, 3.8) is 0 Å². The van der Waals surface area contributed by atoms with Gasteiger partial charge in [-0.3, -0.25) is 14.2 Å². The molecule has 1 aromatic carbocycles. The van der Waals surface area contributed by atoms with Crippen LogP contribution in [-0.4, -0.2) is 46.9 Å². The molecule has 0 unspecified atom stereocenters. The number of hydrogen-bond acceptors (Lipinski definition) is 6. The van der Waals surface area contributed by atoms with E-state index in [2.05, 4.69) is 0 Å². The van der Waals surface area contributed by atoms with Gasteiger partial charge in [-0.15, -0.1) is 11.3 Å². The Morgan fingerprint density at radius 1 is 1.27 bits per heavy atom. The number of methoxy groups -OCH3 is 1. The lowest BCUT2D eigenvalue weighted by molar-refractivity contribution is -0.128. The largest absolute Gasteiger partial charge is 0.385 e. The second-order valence-electron chi connectivity index (χ2n) is 8.47. The van der Waals surface area contributed by atoms with Gasteiger partial charge in [0.2, 0.25) is 5.91 Å². The Hall–Kier alpha value is -2.16. The molecule has 1 amide bonds. The number of rotatable bonds is 9. The van der Waals surface area contributed by atoms with E-state index in [1.807, 2.05) is 44.3 Å². The van der Waals surface area contributed by atoms with Crippen molar-refractivity contribution < 1.29 is 9.53 Å². The van der Waals surface area contributed by atoms with E-state index in [1.165, 1.54) is 28.6 Å². The Kier molecular flexibility index (Phi) is 7.88. The summed E-state index contributed by atoms with van der Waals surface area (Å²) < 4.78 is 6.95. The molecule has 0 fully saturated rings. The number of fused-ring (bicyclic) bond motifs is 3. The van der Waals surface area contributed by atoms with Crippen LogP contribution in [0.15, 0.2) is 40.3 Å². The maximum Gasteiger partial charge on any atom is 0.263 e. The molecule has 0 radical (unpaired) electrons. The molecule has 0 saturated carbocycles. The highest BCUT2D eigenvalue weighted by Crippen LogP contribution is 2.35. The number of nitrogens with zero attached hydrogens (tertiary/aromatic N) is 3. The number of benzene rings is 1. The number of aryl methyl sites for hydroxylation is 2. The van der Waals surface area contributed by atoms with Crippen LogP contribution in [0.25, 0.3) is 10.2 Å². The molecule has 2 heterocycles. The van der Waals surface area contributed by atoms with Crippen molar-refractivity contribution in [2.45, 2.75) is 56.8 Å². The van der Waals surface area contributed by atoms with Crippen LogP contribution in [0, 0.1) is 0 Å². The van der Waals surface area contributed by atoms with Crippen molar-refractivity contribution in [3.05, 3.63) is 56.7 Å². The maximum absolute atomic E-state index is 13.5. The summed E-state index contributed by atoms with van der Waals surface area (Å²) in [5.41, 5.74) is 2.32. The van der Waals surface area contributed by atoms with Gasteiger partial charge in [0.15, 0.2) is 5.16 Å². The summed E-state index contributed by atoms with van der Waals surface area (Å²) in [6.45, 7) is 3.14. The number of ether oxygens (including phenoxy) is 1. The third-order valence-corrected chi connectivity index (χ3v) is 8.50. The Balaban J connectivity index is 1.58. The molecule has 1 aliphatic rings. The lowest BCUT2D eigenvalue weighted by Gasteiger charge is -2.25. The number of thioether (sulfide) groups is 1. The highest BCUT2D eigenvalue weighted by Gasteiger charge is 2.23. The molecule has 176 valence electrons. The topological polar surface area (TPSA) is 64.4 Å². The van der Waals surface area contributed by atoms with Crippen molar-refractivity contribution in [2.24, 2.45) is 0 Å². The van der Waals surface area contributed by atoms with Gasteiger partial charge in [-0.25, -0.2) is 4.98 Å². The summed E-state index contributed by atoms with van der Waals surface area (Å²) in [4.78, 5) is 35.3. The Morgan fingerprint density at radius 2 is 2.03 bits per heavy atom. The van der Waals surface area contributed by atoms with Gasteiger partial charge in [-0.05, 0) is 50.2 Å². The monoisotopic (exact) mass is 485 g/mol. The molecule has 0 N–H and O–H groups in total. The first kappa shape index (κ1) is 24.0. The van der Waals surface area contributed by atoms with Crippen LogP contribution in [0.1, 0.15) is 48.2 Å². The van der Waals surface area contributed by atoms with Crippen LogP contribution in [0.4, 0.5) is 0 Å². The van der Waals surface area contributed by atoms with Crippen molar-refractivity contribution in [1.29, 1.82) is 0 Å². The first-order chi connectivity index (χ1) is 16.0. The zero-order chi connectivity index (χ0) is 23.4. The minimum absolute atomic E-state index is 0.0135. The smallest absolute Gasteiger partial charge is 0.263 e. The van der Waals surface area contributed by atoms with Gasteiger partial charge in [0.05, 0.1) is 17.2 Å². The SMILES string of the molecule is COCCCn1c(SCC(=O)N(C)[C@@H](C)c2ccccc2)nc2sc3c(c2c1=O)CCCC3. The summed E-state index contributed by atoms with van der Waals surface area (Å²) in [6.07, 6.45) is 5.01. The first-order valence-electron chi connectivity index (χ1n) is 11.5. The molecule has 4 rings (SSSR count). The van der Waals surface area contributed by atoms with Crippen molar-refractivity contribution in [1.82, 2.24) is 14.5 Å². The predicted octanol–water partition coefficient (Wildman–Crippen LogP) is 4.69. The van der Waals surface area contributed by atoms with Crippen LogP contribution < -0.4 is 5.56 Å². The van der Waals surface area contributed by atoms with E-state index in [-0.39, 0.29) is 23.3 Å². The maximum atomic E-state index is 13.5. The van der Waals surface area contributed by atoms with Crippen molar-refractivity contribution >= 4 is 39.2 Å². The summed E-state index contributed by atoms with van der Waals surface area (Å²) in [5, 5.41) is 1.41. The van der Waals surface area contributed by atoms with E-state index >= 15 is 0 Å². The molecule has 0 aliphatic heterocycles. The molecule has 1 atom stereocenters. The van der Waals surface area contributed by atoms with Crippen molar-refractivity contribution in [3.8, 4) is 0 Å². The average Bonchev–Trinajstić information content (AvgIpc) is 3.22. The van der Waals surface area contributed by atoms with Crippen LogP contribution in [-0.2, 0) is 28.9 Å². The van der Waals surface area contributed by atoms with E-state index in [1.54, 1.807) is 27.9 Å². The molecule has 2 aromatic heterocycles. The van der Waals surface area contributed by atoms with Gasteiger partial charge in [0.1, 0.15) is 4.83 Å². The molecule has 8 heteroatoms. The summed E-state index contributed by atoms with van der Waals surface area (Å²) in [5.74, 6) is 0.251. The van der Waals surface area contributed by atoms with E-state index < -0.39 is 0 Å². The molecular formula is C25H31N3O3S2. The molecule has 1 aliphatic carbocycles. The Morgan fingerprint density at radius 3 is 2.79 bits per heavy atom. The summed E-state index contributed by atoms with van der Waals surface area (Å²) in [7, 11) is 3.49. The van der Waals surface area contributed by atoms with Crippen LogP contribution >= 0.6 is 23.1 Å². The minimum Gasteiger partial charge on any atom is -0.385 e. The number of hydrogen-bond donors (Lipinski definition) is 0. The second-order valence-corrected chi connectivity index (χ2v) is 10.5. The number of amides is 1. The lowest BCUT2D eigenvalue weighted by Crippen LogP contribution is -2.31. The Labute approximate surface area is 203 Å². The number of thiophene rings is 1. The number of carbonyl (C=O) groups is 1. The average molecular weight is 486 g/mol. The third-order valence-electron chi connectivity index (χ3n) is 6.35. The lowest BCUT2D eigenvalue weighted by atomic mass is 9.97. The second kappa shape index (κ2) is 10.8. The van der Waals surface area contributed by atoms with Crippen LogP contribution in [0.2, 0.25) is 0 Å². The van der Waals surface area contributed by atoms with E-state index in [0.29, 0.717) is 18.3 Å². The quantitative estimate of drug-likeness (QED) is 0.250. The van der Waals surface area contributed by atoms with Crippen molar-refractivity contribution in [2.75, 3.05) is 26.5 Å². The zero-order valence-corrected chi connectivity index (χ0v) is 21.1. The fraction of sp³-hybridized carbons (Fsp3) is 0.480. The first-order valence-corrected chi connectivity index (χ1v) is 13.3. The molecule has 0 saturated heterocycles. The fourth-order valence-corrected chi connectivity index (χ4v) is 6.55. The van der Waals surface area contributed by atoms with Crippen LogP contribution in [0.3, 0.4) is 0 Å². The number of carbonyl (C=O) groups excluding carboxylic acids is 1. The molecule has 3 aromatic rings. The third kappa shape index (κ3) is 5.18.